The van der Waals surface area contributed by atoms with Crippen molar-refractivity contribution in [1.82, 2.24) is 10.2 Å². The lowest BCUT2D eigenvalue weighted by molar-refractivity contribution is -0.139. The monoisotopic (exact) mass is 262 g/mol. The third kappa shape index (κ3) is 2.31. The lowest BCUT2D eigenvalue weighted by atomic mass is 9.97. The zero-order valence-electron chi connectivity index (χ0n) is 11.3. The number of hydrogen-bond acceptors (Lipinski definition) is 3. The quantitative estimate of drug-likeness (QED) is 0.734. The Bertz CT molecular complexity index is 398. The molecule has 3 aliphatic carbocycles. The zero-order chi connectivity index (χ0) is 13.0. The molecule has 0 radical (unpaired) electrons. The normalized spacial score (nSPS) is 31.6. The standard InChI is InChI=1S/C15H22N2O2/c18-14-7-13(15(19)17(14)11-5-6-11)16-8-12(9-1-2-9)10-3-4-10/h9-13,16H,1-8H2. The Morgan fingerprint density at radius 1 is 1.05 bits per heavy atom. The summed E-state index contributed by atoms with van der Waals surface area (Å²) >= 11 is 0. The molecule has 1 aliphatic heterocycles. The minimum atomic E-state index is -0.229. The molecule has 1 atom stereocenters. The van der Waals surface area contributed by atoms with Crippen molar-refractivity contribution in [2.75, 3.05) is 6.54 Å². The van der Waals surface area contributed by atoms with Gasteiger partial charge in [-0.15, -0.1) is 0 Å². The van der Waals surface area contributed by atoms with Crippen LogP contribution in [0.4, 0.5) is 0 Å². The van der Waals surface area contributed by atoms with Gasteiger partial charge in [-0.05, 0) is 62.8 Å². The van der Waals surface area contributed by atoms with Gasteiger partial charge in [-0.1, -0.05) is 0 Å². The second-order valence-electron chi connectivity index (χ2n) is 6.84. The number of amides is 2. The largest absolute Gasteiger partial charge is 0.305 e. The molecule has 4 aliphatic rings. The highest BCUT2D eigenvalue weighted by Crippen LogP contribution is 2.48. The van der Waals surface area contributed by atoms with Crippen LogP contribution in [0.2, 0.25) is 0 Å². The molecule has 0 bridgehead atoms. The number of hydrogen-bond donors (Lipinski definition) is 1. The molecule has 19 heavy (non-hydrogen) atoms. The van der Waals surface area contributed by atoms with Crippen molar-refractivity contribution in [3.05, 3.63) is 0 Å². The lowest BCUT2D eigenvalue weighted by Gasteiger charge is -2.19. The Hall–Kier alpha value is -0.900. The highest BCUT2D eigenvalue weighted by molar-refractivity contribution is 6.06. The van der Waals surface area contributed by atoms with E-state index < -0.39 is 0 Å². The minimum Gasteiger partial charge on any atom is -0.305 e. The van der Waals surface area contributed by atoms with Crippen molar-refractivity contribution in [1.29, 1.82) is 0 Å². The van der Waals surface area contributed by atoms with E-state index in [0.29, 0.717) is 6.42 Å². The first kappa shape index (κ1) is 11.9. The predicted molar refractivity (Wildman–Crippen MR) is 70.2 cm³/mol. The van der Waals surface area contributed by atoms with Crippen LogP contribution >= 0.6 is 0 Å². The number of carbonyl (C=O) groups excluding carboxylic acids is 2. The van der Waals surface area contributed by atoms with Crippen LogP contribution < -0.4 is 5.32 Å². The van der Waals surface area contributed by atoms with Gasteiger partial charge >= 0.3 is 0 Å². The summed E-state index contributed by atoms with van der Waals surface area (Å²) in [4.78, 5) is 25.6. The molecule has 0 aromatic rings. The fourth-order valence-corrected chi connectivity index (χ4v) is 3.57. The molecule has 104 valence electrons. The van der Waals surface area contributed by atoms with Crippen LogP contribution in [0.5, 0.6) is 0 Å². The van der Waals surface area contributed by atoms with Gasteiger partial charge in [0.05, 0.1) is 12.5 Å². The summed E-state index contributed by atoms with van der Waals surface area (Å²) in [7, 11) is 0. The number of rotatable bonds is 6. The number of imide groups is 1. The number of carbonyl (C=O) groups is 2. The van der Waals surface area contributed by atoms with Gasteiger partial charge in [-0.25, -0.2) is 0 Å². The zero-order valence-corrected chi connectivity index (χ0v) is 11.3. The van der Waals surface area contributed by atoms with Gasteiger partial charge < -0.3 is 5.32 Å². The Morgan fingerprint density at radius 2 is 1.68 bits per heavy atom. The van der Waals surface area contributed by atoms with Crippen LogP contribution in [0.25, 0.3) is 0 Å². The molecule has 4 heteroatoms. The van der Waals surface area contributed by atoms with E-state index in [1.54, 1.807) is 0 Å². The molecule has 1 heterocycles. The number of nitrogens with one attached hydrogen (secondary N) is 1. The van der Waals surface area contributed by atoms with Crippen molar-refractivity contribution >= 4 is 11.8 Å². The first-order chi connectivity index (χ1) is 9.24. The molecule has 4 rings (SSSR count). The van der Waals surface area contributed by atoms with Crippen molar-refractivity contribution < 1.29 is 9.59 Å². The van der Waals surface area contributed by atoms with Crippen molar-refractivity contribution in [3.8, 4) is 0 Å². The van der Waals surface area contributed by atoms with Crippen molar-refractivity contribution in [2.45, 2.75) is 57.0 Å². The number of likely N-dealkylation sites (tertiary alicyclic amines) is 1. The molecule has 1 saturated heterocycles. The van der Waals surface area contributed by atoms with Gasteiger partial charge in [0.25, 0.3) is 0 Å². The van der Waals surface area contributed by atoms with E-state index in [9.17, 15) is 9.59 Å². The van der Waals surface area contributed by atoms with Gasteiger partial charge in [-0.3, -0.25) is 14.5 Å². The Kier molecular flexibility index (Phi) is 2.69. The summed E-state index contributed by atoms with van der Waals surface area (Å²) in [5, 5.41) is 3.41. The van der Waals surface area contributed by atoms with Gasteiger partial charge in [0.15, 0.2) is 0 Å². The molecular weight excluding hydrogens is 240 g/mol. The van der Waals surface area contributed by atoms with Crippen molar-refractivity contribution in [2.24, 2.45) is 17.8 Å². The van der Waals surface area contributed by atoms with E-state index in [-0.39, 0.29) is 23.9 Å². The van der Waals surface area contributed by atoms with Crippen LogP contribution in [0.1, 0.15) is 44.9 Å². The van der Waals surface area contributed by atoms with E-state index in [1.165, 1.54) is 30.6 Å². The second kappa shape index (κ2) is 4.30. The fourth-order valence-electron chi connectivity index (χ4n) is 3.57. The van der Waals surface area contributed by atoms with E-state index in [4.69, 9.17) is 0 Å². The SMILES string of the molecule is O=C1CC(NCC(C2CC2)C2CC2)C(=O)N1C1CC1. The minimum absolute atomic E-state index is 0.0397. The maximum absolute atomic E-state index is 12.2. The smallest absolute Gasteiger partial charge is 0.247 e. The van der Waals surface area contributed by atoms with Gasteiger partial charge in [0.2, 0.25) is 11.8 Å². The third-order valence-corrected chi connectivity index (χ3v) is 5.15. The highest BCUT2D eigenvalue weighted by atomic mass is 16.2. The highest BCUT2D eigenvalue weighted by Gasteiger charge is 2.47. The summed E-state index contributed by atoms with van der Waals surface area (Å²) in [6, 6.07) is 0.00237. The molecule has 1 unspecified atom stereocenters. The van der Waals surface area contributed by atoms with Crippen LogP contribution in [0.3, 0.4) is 0 Å². The lowest BCUT2D eigenvalue weighted by Crippen LogP contribution is -2.42. The summed E-state index contributed by atoms with van der Waals surface area (Å²) in [5.74, 6) is 2.63. The number of nitrogens with zero attached hydrogens (tertiary/aromatic N) is 1. The van der Waals surface area contributed by atoms with Crippen LogP contribution in [0.15, 0.2) is 0 Å². The maximum Gasteiger partial charge on any atom is 0.247 e. The molecule has 0 aromatic carbocycles. The van der Waals surface area contributed by atoms with Crippen LogP contribution in [-0.4, -0.2) is 35.3 Å². The molecule has 3 saturated carbocycles. The first-order valence-corrected chi connectivity index (χ1v) is 7.83. The van der Waals surface area contributed by atoms with E-state index >= 15 is 0 Å². The molecule has 2 amide bonds. The summed E-state index contributed by atoms with van der Waals surface area (Å²) < 4.78 is 0. The summed E-state index contributed by atoms with van der Waals surface area (Å²) in [6.45, 7) is 0.942. The molecule has 0 spiro atoms. The van der Waals surface area contributed by atoms with Crippen LogP contribution in [0, 0.1) is 17.8 Å². The topological polar surface area (TPSA) is 49.4 Å². The van der Waals surface area contributed by atoms with Crippen molar-refractivity contribution in [3.63, 3.8) is 0 Å². The van der Waals surface area contributed by atoms with Gasteiger partial charge in [-0.2, -0.15) is 0 Å². The Balaban J connectivity index is 1.35. The van der Waals surface area contributed by atoms with E-state index in [0.717, 1.165) is 37.1 Å². The average molecular weight is 262 g/mol. The third-order valence-electron chi connectivity index (χ3n) is 5.15. The summed E-state index contributed by atoms with van der Waals surface area (Å²) in [5.41, 5.74) is 0. The molecular formula is C15H22N2O2. The maximum atomic E-state index is 12.2. The molecule has 4 nitrogen and oxygen atoms in total. The molecule has 0 aromatic heterocycles. The molecule has 4 fully saturated rings. The van der Waals surface area contributed by atoms with E-state index in [2.05, 4.69) is 5.32 Å². The Labute approximate surface area is 113 Å². The summed E-state index contributed by atoms with van der Waals surface area (Å²) in [6.07, 6.45) is 7.89. The van der Waals surface area contributed by atoms with Crippen LogP contribution in [-0.2, 0) is 9.59 Å². The average Bonchev–Trinajstić information content (AvgIpc) is 3.25. The predicted octanol–water partition coefficient (Wildman–Crippen LogP) is 1.30. The second-order valence-corrected chi connectivity index (χ2v) is 6.84. The first-order valence-electron chi connectivity index (χ1n) is 7.83. The van der Waals surface area contributed by atoms with Gasteiger partial charge in [0.1, 0.15) is 0 Å². The molecule has 1 N–H and O–H groups in total. The Morgan fingerprint density at radius 3 is 2.21 bits per heavy atom. The fraction of sp³-hybridized carbons (Fsp3) is 0.867. The van der Waals surface area contributed by atoms with Gasteiger partial charge in [0, 0.05) is 6.04 Å². The van der Waals surface area contributed by atoms with E-state index in [1.807, 2.05) is 0 Å².